The van der Waals surface area contributed by atoms with Crippen molar-refractivity contribution >= 4 is 5.97 Å². The molecule has 0 heterocycles. The Morgan fingerprint density at radius 1 is 0.767 bits per heavy atom. The molecule has 0 aliphatic heterocycles. The van der Waals surface area contributed by atoms with Gasteiger partial charge in [-0.2, -0.15) is 0 Å². The summed E-state index contributed by atoms with van der Waals surface area (Å²) in [5.74, 6) is 0.216. The summed E-state index contributed by atoms with van der Waals surface area (Å²) < 4.78 is 0. The molecule has 0 aromatic heterocycles. The maximum atomic E-state index is 10.4. The van der Waals surface area contributed by atoms with Gasteiger partial charge in [0.15, 0.2) is 0 Å². The van der Waals surface area contributed by atoms with Crippen LogP contribution in [0, 0.1) is 5.92 Å². The van der Waals surface area contributed by atoms with Crippen LogP contribution in [0.25, 0.3) is 0 Å². The summed E-state index contributed by atoms with van der Waals surface area (Å²) in [4.78, 5) is 10.4. The summed E-state index contributed by atoms with van der Waals surface area (Å²) >= 11 is 0. The monoisotopic (exact) mass is 418 g/mol. The number of hydrogen-bond donors (Lipinski definition) is 1. The smallest absolute Gasteiger partial charge is 0.303 e. The third-order valence-electron chi connectivity index (χ3n) is 6.42. The van der Waals surface area contributed by atoms with Crippen molar-refractivity contribution in [2.24, 2.45) is 5.92 Å². The lowest BCUT2D eigenvalue weighted by atomic mass is 10.0. The van der Waals surface area contributed by atoms with Gasteiger partial charge in [0, 0.05) is 6.42 Å². The summed E-state index contributed by atoms with van der Waals surface area (Å²) in [6, 6.07) is 0. The topological polar surface area (TPSA) is 37.3 Å². The molecule has 1 rings (SSSR count). The minimum Gasteiger partial charge on any atom is -0.481 e. The highest BCUT2D eigenvalue weighted by Gasteiger charge is 2.27. The lowest BCUT2D eigenvalue weighted by molar-refractivity contribution is -0.137. The van der Waals surface area contributed by atoms with Crippen LogP contribution in [0.1, 0.15) is 142 Å². The fourth-order valence-electron chi connectivity index (χ4n) is 4.32. The predicted molar refractivity (Wildman–Crippen MR) is 131 cm³/mol. The van der Waals surface area contributed by atoms with Gasteiger partial charge in [0.2, 0.25) is 0 Å². The number of aliphatic carboxylic acids is 1. The Morgan fingerprint density at radius 3 is 1.87 bits per heavy atom. The van der Waals surface area contributed by atoms with Crippen molar-refractivity contribution in [3.8, 4) is 0 Å². The molecule has 0 spiro atoms. The van der Waals surface area contributed by atoms with Crippen molar-refractivity contribution in [3.63, 3.8) is 0 Å². The van der Waals surface area contributed by atoms with E-state index in [0.717, 1.165) is 31.6 Å². The van der Waals surface area contributed by atoms with Gasteiger partial charge in [-0.15, -0.1) is 0 Å². The van der Waals surface area contributed by atoms with Crippen molar-refractivity contribution in [3.05, 3.63) is 23.8 Å². The molecule has 1 atom stereocenters. The lowest BCUT2D eigenvalue weighted by Crippen LogP contribution is -1.92. The van der Waals surface area contributed by atoms with Crippen molar-refractivity contribution in [1.29, 1.82) is 0 Å². The average Bonchev–Trinajstić information content (AvgIpc) is 3.48. The quantitative estimate of drug-likeness (QED) is 0.140. The van der Waals surface area contributed by atoms with Gasteiger partial charge in [0.25, 0.3) is 0 Å². The van der Waals surface area contributed by atoms with Crippen LogP contribution in [0.3, 0.4) is 0 Å². The fourth-order valence-corrected chi connectivity index (χ4v) is 4.32. The van der Waals surface area contributed by atoms with E-state index in [2.05, 4.69) is 25.2 Å². The van der Waals surface area contributed by atoms with Crippen molar-refractivity contribution < 1.29 is 9.90 Å². The van der Waals surface area contributed by atoms with Crippen molar-refractivity contribution in [1.82, 2.24) is 0 Å². The van der Waals surface area contributed by atoms with Gasteiger partial charge in [-0.05, 0) is 44.4 Å². The van der Waals surface area contributed by atoms with Crippen LogP contribution >= 0.6 is 0 Å². The maximum absolute atomic E-state index is 10.4. The Morgan fingerprint density at radius 2 is 1.30 bits per heavy atom. The molecular formula is C28H50O2. The largest absolute Gasteiger partial charge is 0.481 e. The summed E-state index contributed by atoms with van der Waals surface area (Å²) in [7, 11) is 0. The molecule has 0 amide bonds. The predicted octanol–water partition coefficient (Wildman–Crippen LogP) is 9.40. The zero-order valence-electron chi connectivity index (χ0n) is 20.0. The van der Waals surface area contributed by atoms with Crippen LogP contribution in [0.5, 0.6) is 0 Å². The molecule has 1 fully saturated rings. The first-order valence-electron chi connectivity index (χ1n) is 13.3. The van der Waals surface area contributed by atoms with Crippen molar-refractivity contribution in [2.75, 3.05) is 0 Å². The first-order chi connectivity index (χ1) is 14.7. The molecule has 0 radical (unpaired) electrons. The first kappa shape index (κ1) is 27.0. The highest BCUT2D eigenvalue weighted by atomic mass is 16.4. The SMILES string of the molecule is CCCCCCCCCCCCCCCCC1CC1=CCCC=CCCCC(=O)O. The minimum absolute atomic E-state index is 0.287. The van der Waals surface area contributed by atoms with Gasteiger partial charge < -0.3 is 5.11 Å². The number of carboxylic acid groups (broad SMARTS) is 1. The molecule has 0 saturated heterocycles. The van der Waals surface area contributed by atoms with E-state index in [0.29, 0.717) is 0 Å². The van der Waals surface area contributed by atoms with Gasteiger partial charge in [-0.1, -0.05) is 121 Å². The molecule has 1 N–H and O–H groups in total. The van der Waals surface area contributed by atoms with E-state index < -0.39 is 5.97 Å². The Labute approximate surface area is 187 Å². The number of carboxylic acids is 1. The summed E-state index contributed by atoms with van der Waals surface area (Å²) in [5.41, 5.74) is 1.70. The highest BCUT2D eigenvalue weighted by molar-refractivity contribution is 5.66. The van der Waals surface area contributed by atoms with Crippen LogP contribution in [-0.2, 0) is 4.79 Å². The summed E-state index contributed by atoms with van der Waals surface area (Å²) in [5, 5.41) is 8.59. The zero-order valence-corrected chi connectivity index (χ0v) is 20.0. The number of allylic oxidation sites excluding steroid dienone is 4. The molecule has 0 aromatic rings. The Hall–Kier alpha value is -1.05. The zero-order chi connectivity index (χ0) is 21.7. The average molecular weight is 419 g/mol. The second kappa shape index (κ2) is 19.9. The normalized spacial score (nSPS) is 17.2. The second-order valence-electron chi connectivity index (χ2n) is 9.40. The highest BCUT2D eigenvalue weighted by Crippen LogP contribution is 2.42. The lowest BCUT2D eigenvalue weighted by Gasteiger charge is -2.03. The van der Waals surface area contributed by atoms with E-state index in [9.17, 15) is 4.79 Å². The van der Waals surface area contributed by atoms with Gasteiger partial charge in [0.05, 0.1) is 0 Å². The molecule has 1 aliphatic rings. The van der Waals surface area contributed by atoms with E-state index in [1.54, 1.807) is 5.57 Å². The van der Waals surface area contributed by atoms with E-state index in [1.165, 1.54) is 103 Å². The maximum Gasteiger partial charge on any atom is 0.303 e. The van der Waals surface area contributed by atoms with E-state index in [1.807, 2.05) is 0 Å². The van der Waals surface area contributed by atoms with Crippen LogP contribution in [-0.4, -0.2) is 11.1 Å². The fraction of sp³-hybridized carbons (Fsp3) is 0.821. The second-order valence-corrected chi connectivity index (χ2v) is 9.40. The Bertz CT molecular complexity index is 463. The number of rotatable bonds is 22. The molecule has 2 nitrogen and oxygen atoms in total. The first-order valence-corrected chi connectivity index (χ1v) is 13.3. The Kier molecular flexibility index (Phi) is 17.9. The molecule has 1 saturated carbocycles. The van der Waals surface area contributed by atoms with E-state index in [4.69, 9.17) is 5.11 Å². The van der Waals surface area contributed by atoms with E-state index >= 15 is 0 Å². The van der Waals surface area contributed by atoms with Crippen LogP contribution in [0.4, 0.5) is 0 Å². The molecule has 174 valence electrons. The van der Waals surface area contributed by atoms with Gasteiger partial charge in [-0.3, -0.25) is 4.79 Å². The van der Waals surface area contributed by atoms with Crippen LogP contribution in [0.2, 0.25) is 0 Å². The molecule has 1 aliphatic carbocycles. The molecule has 1 unspecified atom stereocenters. The molecule has 30 heavy (non-hydrogen) atoms. The number of hydrogen-bond acceptors (Lipinski definition) is 1. The van der Waals surface area contributed by atoms with Gasteiger partial charge in [-0.25, -0.2) is 0 Å². The molecule has 0 aromatic carbocycles. The van der Waals surface area contributed by atoms with Gasteiger partial charge in [0.1, 0.15) is 0 Å². The van der Waals surface area contributed by atoms with E-state index in [-0.39, 0.29) is 6.42 Å². The van der Waals surface area contributed by atoms with Crippen LogP contribution < -0.4 is 0 Å². The third-order valence-corrected chi connectivity index (χ3v) is 6.42. The third kappa shape index (κ3) is 17.8. The van der Waals surface area contributed by atoms with Gasteiger partial charge >= 0.3 is 5.97 Å². The van der Waals surface area contributed by atoms with Crippen LogP contribution in [0.15, 0.2) is 23.8 Å². The molecular weight excluding hydrogens is 368 g/mol. The minimum atomic E-state index is -0.688. The molecule has 2 heteroatoms. The summed E-state index contributed by atoms with van der Waals surface area (Å²) in [6.07, 6.45) is 33.9. The number of carbonyl (C=O) groups is 1. The standard InChI is InChI=1S/C28H50O2/c1-2-3-4-5-6-7-8-9-10-11-12-13-16-19-22-26-25-27(26)23-20-17-14-15-18-21-24-28(29)30/h14-15,23,26H,2-13,16-22,24-25H2,1H3,(H,29,30). The number of unbranched alkanes of at least 4 members (excludes halogenated alkanes) is 15. The molecule has 0 bridgehead atoms. The Balaban J connectivity index is 1.78. The van der Waals surface area contributed by atoms with Crippen molar-refractivity contribution in [2.45, 2.75) is 142 Å². The summed E-state index contributed by atoms with van der Waals surface area (Å²) in [6.45, 7) is 2.29.